The van der Waals surface area contributed by atoms with E-state index in [1.54, 1.807) is 118 Å². The molecule has 3 N–H and O–H groups in total. The maximum Gasteiger partial charge on any atom is 0.409 e. The van der Waals surface area contributed by atoms with Crippen LogP contribution in [0, 0.1) is 0 Å². The van der Waals surface area contributed by atoms with Gasteiger partial charge in [-0.1, -0.05) is 48.6 Å². The van der Waals surface area contributed by atoms with Crippen LogP contribution in [0.25, 0.3) is 50.6 Å². The molecule has 127 heavy (non-hydrogen) atoms. The van der Waals surface area contributed by atoms with Gasteiger partial charge < -0.3 is 54.5 Å². The Morgan fingerprint density at radius 3 is 1.39 bits per heavy atom. The number of nitrogens with one attached hydrogen (secondary N) is 3. The van der Waals surface area contributed by atoms with E-state index in [0.717, 1.165) is 74.7 Å². The number of aromatic nitrogens is 15. The van der Waals surface area contributed by atoms with Crippen LogP contribution in [-0.4, -0.2) is 209 Å². The molecule has 9 aliphatic heterocycles. The summed E-state index contributed by atoms with van der Waals surface area (Å²) in [6.45, 7) is 16.6. The molecule has 6 bridgehead atoms. The van der Waals surface area contributed by atoms with Crippen molar-refractivity contribution in [1.29, 1.82) is 0 Å². The summed E-state index contributed by atoms with van der Waals surface area (Å²) in [5.74, 6) is 4.82. The number of amides is 4. The van der Waals surface area contributed by atoms with Crippen LogP contribution in [0.3, 0.4) is 0 Å². The maximum absolute atomic E-state index is 13.6. The van der Waals surface area contributed by atoms with Crippen LogP contribution in [0.15, 0.2) is 166 Å². The fourth-order valence-electron chi connectivity index (χ4n) is 18.8. The number of methoxy groups -OCH3 is 1. The molecule has 2 aliphatic carbocycles. The Morgan fingerprint density at radius 1 is 0.441 bits per heavy atom. The monoisotopic (exact) mass is 1710 g/mol. The lowest BCUT2D eigenvalue weighted by Crippen LogP contribution is -2.53. The molecule has 4 amide bonds. The van der Waals surface area contributed by atoms with E-state index in [1.165, 1.54) is 48.5 Å². The zero-order valence-corrected chi connectivity index (χ0v) is 71.3. The maximum atomic E-state index is 13.6. The number of hydrogen-bond acceptors (Lipinski definition) is 26. The Hall–Kier alpha value is -14.4. The molecule has 1 saturated heterocycles. The predicted molar refractivity (Wildman–Crippen MR) is 476 cm³/mol. The van der Waals surface area contributed by atoms with E-state index in [9.17, 15) is 33.6 Å². The molecular weight excluding hydrogens is 1620 g/mol. The number of benzene rings is 3. The van der Waals surface area contributed by atoms with E-state index in [-0.39, 0.29) is 52.5 Å². The first-order valence-corrected chi connectivity index (χ1v) is 43.0. The van der Waals surface area contributed by atoms with Crippen molar-refractivity contribution in [2.45, 2.75) is 127 Å². The Labute approximate surface area is 726 Å². The largest absolute Gasteiger partial charge is 0.480 e. The zero-order valence-electron chi connectivity index (χ0n) is 71.3. The fraction of sp³-hybridized carbons (Fsp3) is 0.363. The number of carbonyl (C=O) groups excluding carboxylic acids is 4. The number of hydrogen-bond donors (Lipinski definition) is 3. The van der Waals surface area contributed by atoms with Crippen molar-refractivity contribution >= 4 is 115 Å². The van der Waals surface area contributed by atoms with Gasteiger partial charge in [-0.05, 0) is 194 Å². The molecule has 3 fully saturated rings. The van der Waals surface area contributed by atoms with Gasteiger partial charge in [0.2, 0.25) is 17.8 Å². The molecule has 23 rings (SSSR count). The van der Waals surface area contributed by atoms with Crippen LogP contribution in [0.4, 0.5) is 62.8 Å². The summed E-state index contributed by atoms with van der Waals surface area (Å²) in [4.78, 5) is 148. The fourth-order valence-corrected chi connectivity index (χ4v) is 18.8. The van der Waals surface area contributed by atoms with Gasteiger partial charge in [-0.3, -0.25) is 43.5 Å². The first-order valence-electron chi connectivity index (χ1n) is 43.0. The van der Waals surface area contributed by atoms with Crippen LogP contribution in [0.1, 0.15) is 94.9 Å². The number of rotatable bonds is 7. The van der Waals surface area contributed by atoms with E-state index in [1.807, 2.05) is 66.8 Å². The van der Waals surface area contributed by atoms with Crippen molar-refractivity contribution in [2.75, 3.05) is 122 Å². The summed E-state index contributed by atoms with van der Waals surface area (Å²) in [5, 5.41) is 11.1. The summed E-state index contributed by atoms with van der Waals surface area (Å²) in [5.41, 5.74) is 7.67. The van der Waals surface area contributed by atoms with Crippen molar-refractivity contribution in [2.24, 2.45) is 0 Å². The standard InChI is InChI=1S/C31H32N8O3.C30H33N9O3.C30H28N8O5/c1-30(2)28(41)37-13-5-4-6-14-38-27(40)21-16-32-29(35-25(21)39(38)24-10-9-23(42-30)26(37)34-24)33-20-7-8-22-19(15-20)17-36(3)18-31(22)11-12-31;1-30(2)28(41)37-13-5-4-6-14-38-27(40)22-19-31-29(34-25(22)39(38)24-12-11-23(42-30)26(37)33-24)32-20-7-9-21(10-8-20)36-17-15-35(3)16-18-36;1-42-29(41)35-15-18-5-6-19(13-21(18)30(17-35)9-10-30)32-28-31-14-20-25(34-28)38-23-8-7-22-26(33-23)36(24(39)16-43-22)11-3-2-4-12-37(38)27(20)40/h4,6-10,15-16H,5,11-14,17-18H2,1-3H3,(H,32,33,35);4,6-12,19H,5,13-18H2,1-3H3,(H,31,32,34);2,4-8,13-14H,3,9-12,15-17H2,1H3,(H,31,32,34). The van der Waals surface area contributed by atoms with Crippen molar-refractivity contribution < 1.29 is 38.1 Å². The average Bonchev–Trinajstić information content (AvgIpc) is 1.37. The number of ether oxygens (including phenoxy) is 4. The summed E-state index contributed by atoms with van der Waals surface area (Å²) >= 11 is 0. The van der Waals surface area contributed by atoms with E-state index >= 15 is 0 Å². The molecule has 12 aromatic rings. The van der Waals surface area contributed by atoms with Crippen molar-refractivity contribution in [3.63, 3.8) is 0 Å². The molecule has 0 unspecified atom stereocenters. The van der Waals surface area contributed by atoms with Gasteiger partial charge in [0.25, 0.3) is 34.4 Å². The quantitative estimate of drug-likeness (QED) is 0.125. The highest BCUT2D eigenvalue weighted by atomic mass is 16.5. The van der Waals surface area contributed by atoms with Gasteiger partial charge in [-0.25, -0.2) is 62.8 Å². The Balaban J connectivity index is 0.000000116. The molecule has 11 aliphatic rings. The van der Waals surface area contributed by atoms with Crippen LogP contribution >= 0.6 is 0 Å². The second-order valence-electron chi connectivity index (χ2n) is 35.1. The van der Waals surface area contributed by atoms with Gasteiger partial charge in [0.05, 0.1) is 26.7 Å². The number of piperazine rings is 1. The van der Waals surface area contributed by atoms with Crippen molar-refractivity contribution in [3.8, 4) is 34.7 Å². The Morgan fingerprint density at radius 2 is 0.890 bits per heavy atom. The number of nitrogens with zero attached hydrogens (tertiary/aromatic N) is 22. The SMILES string of the molecule is CN1CCN(c2ccc(Nc3ncc4c(=O)n5n(c4n3)-c3ccc4c(n3)N(CCC=CC5)C(=O)C(C)(C)O4)cc2)CC1.CN1Cc2cc(Nc3ncc4c(=O)n5n(c4n3)-c3ccc4c(n3)N(CCC=CC5)C(=O)C(C)(C)O4)ccc2C2(CC2)C1.COC(=O)N1Cc2ccc(Nc3ncc4c(=O)n5n(c4n3)-c3ccc4c(n3)N(CCC=CC5)C(=O)CO4)cc2C2(CC2)C1. The number of likely N-dealkylation sites (N-methyl/N-ethyl adjacent to an activating group) is 2. The number of allylic oxidation sites excluding steroid dienone is 3. The highest BCUT2D eigenvalue weighted by molar-refractivity contribution is 6.03. The van der Waals surface area contributed by atoms with Crippen LogP contribution in [-0.2, 0) is 62.7 Å². The smallest absolute Gasteiger partial charge is 0.409 e. The predicted octanol–water partition coefficient (Wildman–Crippen LogP) is 9.62. The molecule has 9 aromatic heterocycles. The van der Waals surface area contributed by atoms with Gasteiger partial charge in [0, 0.05) is 124 Å². The lowest BCUT2D eigenvalue weighted by atomic mass is 9.86. The number of pyridine rings is 3. The van der Waals surface area contributed by atoms with Gasteiger partial charge >= 0.3 is 6.09 Å². The van der Waals surface area contributed by atoms with E-state index < -0.39 is 11.2 Å². The minimum absolute atomic E-state index is 0.0372. The Bertz CT molecular complexity index is 6860. The molecule has 2 saturated carbocycles. The highest BCUT2D eigenvalue weighted by Gasteiger charge is 2.52. The molecule has 36 nitrogen and oxygen atoms in total. The third-order valence-electron chi connectivity index (χ3n) is 25.6. The minimum Gasteiger partial charge on any atom is -0.480 e. The molecular formula is C91H93N25O11. The van der Waals surface area contributed by atoms with Crippen molar-refractivity contribution in [1.82, 2.24) is 87.6 Å². The molecule has 18 heterocycles. The second kappa shape index (κ2) is 30.8. The van der Waals surface area contributed by atoms with Crippen LogP contribution < -0.4 is 66.4 Å². The van der Waals surface area contributed by atoms with E-state index in [2.05, 4.69) is 96.1 Å². The lowest BCUT2D eigenvalue weighted by molar-refractivity contribution is -0.133. The Kier molecular flexibility index (Phi) is 19.3. The normalized spacial score (nSPS) is 18.8. The number of anilines is 10. The molecule has 648 valence electrons. The molecule has 0 atom stereocenters. The number of fused-ring (bicyclic) bond motifs is 19. The lowest BCUT2D eigenvalue weighted by Gasteiger charge is -2.37. The topological polar surface area (TPSA) is 361 Å². The highest BCUT2D eigenvalue weighted by Crippen LogP contribution is 2.54. The van der Waals surface area contributed by atoms with Gasteiger partial charge in [-0.2, -0.15) is 15.0 Å². The van der Waals surface area contributed by atoms with Gasteiger partial charge in [0.1, 0.15) is 16.2 Å². The first-order chi connectivity index (χ1) is 61.4. The zero-order chi connectivity index (χ0) is 87.1. The van der Waals surface area contributed by atoms with Gasteiger partial charge in [-0.15, -0.1) is 0 Å². The summed E-state index contributed by atoms with van der Waals surface area (Å²) in [7, 11) is 5.74. The molecule has 36 heteroatoms. The summed E-state index contributed by atoms with van der Waals surface area (Å²) < 4.78 is 32.5. The number of carbonyl (C=O) groups is 4. The van der Waals surface area contributed by atoms with E-state index in [4.69, 9.17) is 48.9 Å². The van der Waals surface area contributed by atoms with Gasteiger partial charge in [0.15, 0.2) is 86.9 Å². The molecule has 3 aromatic carbocycles. The molecule has 2 spiro atoms. The van der Waals surface area contributed by atoms with Crippen molar-refractivity contribution in [3.05, 3.63) is 205 Å². The summed E-state index contributed by atoms with van der Waals surface area (Å²) in [6.07, 6.45) is 22.4. The average molecular weight is 1710 g/mol. The van der Waals surface area contributed by atoms with Crippen LogP contribution in [0.5, 0.6) is 17.2 Å². The first kappa shape index (κ1) is 79.7. The van der Waals surface area contributed by atoms with E-state index in [0.29, 0.717) is 180 Å². The summed E-state index contributed by atoms with van der Waals surface area (Å²) in [6, 6.07) is 31.5. The van der Waals surface area contributed by atoms with Crippen LogP contribution in [0.2, 0.25) is 0 Å². The third kappa shape index (κ3) is 14.3. The minimum atomic E-state index is -1.00. The third-order valence-corrected chi connectivity index (χ3v) is 25.6. The second-order valence-corrected chi connectivity index (χ2v) is 35.1. The molecule has 0 radical (unpaired) electrons.